The third-order valence-electron chi connectivity index (χ3n) is 3.31. The predicted molar refractivity (Wildman–Crippen MR) is 89.3 cm³/mol. The number of thiazole rings is 1. The molecule has 3 nitrogen and oxygen atoms in total. The molecule has 1 heterocycles. The number of likely N-dealkylation sites (N-methyl/N-ethyl adjacent to an activating group) is 1. The minimum absolute atomic E-state index is 0.115. The van der Waals surface area contributed by atoms with Gasteiger partial charge in [0.25, 0.3) is 0 Å². The van der Waals surface area contributed by atoms with Gasteiger partial charge >= 0.3 is 0 Å². The van der Waals surface area contributed by atoms with Crippen LogP contribution in [0.2, 0.25) is 5.02 Å². The Morgan fingerprint density at radius 1 is 1.50 bits per heavy atom. The van der Waals surface area contributed by atoms with E-state index in [9.17, 15) is 0 Å². The highest BCUT2D eigenvalue weighted by Gasteiger charge is 2.19. The molecule has 1 unspecified atom stereocenters. The molecule has 1 aromatic carbocycles. The number of benzene rings is 1. The summed E-state index contributed by atoms with van der Waals surface area (Å²) in [6.45, 7) is 3.40. The Balaban J connectivity index is 2.23. The molecule has 0 spiro atoms. The molecule has 1 aromatic heterocycles. The second-order valence-electron chi connectivity index (χ2n) is 4.69. The zero-order chi connectivity index (χ0) is 14.7. The number of nitrogens with zero attached hydrogens (tertiary/aromatic N) is 2. The fraction of sp³-hybridized carbons (Fsp3) is 0.357. The first-order valence-corrected chi connectivity index (χ1v) is 8.32. The fourth-order valence-electron chi connectivity index (χ4n) is 2.13. The van der Waals surface area contributed by atoms with Gasteiger partial charge in [-0.15, -0.1) is 11.3 Å². The second-order valence-corrected chi connectivity index (χ2v) is 6.92. The summed E-state index contributed by atoms with van der Waals surface area (Å²) in [5.74, 6) is 0. The van der Waals surface area contributed by atoms with Gasteiger partial charge in [0.15, 0.2) is 0 Å². The number of nitrogens with two attached hydrogens (primary N) is 1. The first-order valence-electron chi connectivity index (χ1n) is 6.27. The van der Waals surface area contributed by atoms with Crippen LogP contribution in [0.5, 0.6) is 0 Å². The molecule has 0 aliphatic carbocycles. The summed E-state index contributed by atoms with van der Waals surface area (Å²) in [7, 11) is 2.07. The van der Waals surface area contributed by atoms with Gasteiger partial charge in [-0.3, -0.25) is 4.90 Å². The highest BCUT2D eigenvalue weighted by Crippen LogP contribution is 2.30. The van der Waals surface area contributed by atoms with Gasteiger partial charge in [0.05, 0.1) is 11.2 Å². The maximum Gasteiger partial charge on any atom is 0.0798 e. The molecule has 2 rings (SSSR count). The largest absolute Gasteiger partial charge is 0.329 e. The lowest BCUT2D eigenvalue weighted by atomic mass is 10.1. The normalized spacial score (nSPS) is 12.9. The van der Waals surface area contributed by atoms with Gasteiger partial charge in [0.2, 0.25) is 0 Å². The van der Waals surface area contributed by atoms with Crippen LogP contribution < -0.4 is 5.73 Å². The third kappa shape index (κ3) is 3.59. The Morgan fingerprint density at radius 3 is 2.85 bits per heavy atom. The molecule has 0 aliphatic rings. The average Bonchev–Trinajstić information content (AvgIpc) is 2.80. The molecule has 108 valence electrons. The number of halogens is 2. The number of rotatable bonds is 5. The molecular formula is C14H17BrClN3S. The summed E-state index contributed by atoms with van der Waals surface area (Å²) in [5.41, 5.74) is 10.1. The molecule has 0 amide bonds. The van der Waals surface area contributed by atoms with E-state index in [-0.39, 0.29) is 6.04 Å². The van der Waals surface area contributed by atoms with Gasteiger partial charge in [-0.2, -0.15) is 0 Å². The number of hydrogen-bond donors (Lipinski definition) is 1. The van der Waals surface area contributed by atoms with Crippen LogP contribution in [0, 0.1) is 6.92 Å². The van der Waals surface area contributed by atoms with Gasteiger partial charge in [0, 0.05) is 33.5 Å². The first kappa shape index (κ1) is 15.9. The van der Waals surface area contributed by atoms with Crippen molar-refractivity contribution >= 4 is 38.9 Å². The minimum atomic E-state index is 0.115. The van der Waals surface area contributed by atoms with E-state index in [1.807, 2.05) is 30.6 Å². The third-order valence-corrected chi connectivity index (χ3v) is 5.19. The average molecular weight is 375 g/mol. The SMILES string of the molecule is Cc1ncsc1CN(C)C(CN)c1cc(Cl)ccc1Br. The lowest BCUT2D eigenvalue weighted by Gasteiger charge is -2.28. The minimum Gasteiger partial charge on any atom is -0.329 e. The highest BCUT2D eigenvalue weighted by molar-refractivity contribution is 9.10. The monoisotopic (exact) mass is 373 g/mol. The number of hydrogen-bond acceptors (Lipinski definition) is 4. The Bertz CT molecular complexity index is 588. The van der Waals surface area contributed by atoms with Crippen LogP contribution >= 0.6 is 38.9 Å². The maximum absolute atomic E-state index is 6.10. The summed E-state index contributed by atoms with van der Waals surface area (Å²) >= 11 is 11.4. The Morgan fingerprint density at radius 2 is 2.25 bits per heavy atom. The van der Waals surface area contributed by atoms with Crippen LogP contribution in [-0.2, 0) is 6.54 Å². The number of aromatic nitrogens is 1. The van der Waals surface area contributed by atoms with Crippen molar-refractivity contribution in [2.75, 3.05) is 13.6 Å². The van der Waals surface area contributed by atoms with Crippen LogP contribution in [0.15, 0.2) is 28.2 Å². The van der Waals surface area contributed by atoms with E-state index in [1.165, 1.54) is 4.88 Å². The van der Waals surface area contributed by atoms with E-state index < -0.39 is 0 Å². The van der Waals surface area contributed by atoms with Crippen LogP contribution in [-0.4, -0.2) is 23.5 Å². The van der Waals surface area contributed by atoms with Crippen molar-refractivity contribution in [1.82, 2.24) is 9.88 Å². The zero-order valence-electron chi connectivity index (χ0n) is 11.4. The molecule has 0 aliphatic heterocycles. The smallest absolute Gasteiger partial charge is 0.0798 e. The molecule has 0 bridgehead atoms. The van der Waals surface area contributed by atoms with Crippen LogP contribution in [0.25, 0.3) is 0 Å². The molecule has 20 heavy (non-hydrogen) atoms. The molecule has 0 radical (unpaired) electrons. The molecule has 0 saturated heterocycles. The summed E-state index contributed by atoms with van der Waals surface area (Å²) < 4.78 is 1.03. The van der Waals surface area contributed by atoms with Crippen LogP contribution in [0.4, 0.5) is 0 Å². The van der Waals surface area contributed by atoms with E-state index in [4.69, 9.17) is 17.3 Å². The van der Waals surface area contributed by atoms with Gasteiger partial charge in [-0.25, -0.2) is 4.98 Å². The van der Waals surface area contributed by atoms with E-state index in [0.29, 0.717) is 6.54 Å². The molecule has 2 aromatic rings. The van der Waals surface area contributed by atoms with Crippen molar-refractivity contribution in [3.8, 4) is 0 Å². The second kappa shape index (κ2) is 7.00. The summed E-state index contributed by atoms with van der Waals surface area (Å²) in [6, 6.07) is 5.92. The van der Waals surface area contributed by atoms with Crippen molar-refractivity contribution in [3.63, 3.8) is 0 Å². The van der Waals surface area contributed by atoms with Gasteiger partial charge in [-0.05, 0) is 37.7 Å². The molecular weight excluding hydrogens is 358 g/mol. The lowest BCUT2D eigenvalue weighted by molar-refractivity contribution is 0.242. The van der Waals surface area contributed by atoms with E-state index in [2.05, 4.69) is 32.9 Å². The van der Waals surface area contributed by atoms with Crippen LogP contribution in [0.3, 0.4) is 0 Å². The highest BCUT2D eigenvalue weighted by atomic mass is 79.9. The van der Waals surface area contributed by atoms with Gasteiger partial charge in [0.1, 0.15) is 0 Å². The molecule has 0 saturated carbocycles. The molecule has 6 heteroatoms. The van der Waals surface area contributed by atoms with E-state index >= 15 is 0 Å². The quantitative estimate of drug-likeness (QED) is 0.860. The summed E-state index contributed by atoms with van der Waals surface area (Å²) in [6.07, 6.45) is 0. The molecule has 1 atom stereocenters. The molecule has 2 N–H and O–H groups in total. The first-order chi connectivity index (χ1) is 9.52. The van der Waals surface area contributed by atoms with Crippen molar-refractivity contribution in [2.45, 2.75) is 19.5 Å². The Hall–Kier alpha value is -0.460. The summed E-state index contributed by atoms with van der Waals surface area (Å²) in [5, 5.41) is 0.726. The van der Waals surface area contributed by atoms with Crippen molar-refractivity contribution in [3.05, 3.63) is 49.3 Å². The van der Waals surface area contributed by atoms with Crippen molar-refractivity contribution in [2.24, 2.45) is 5.73 Å². The van der Waals surface area contributed by atoms with Gasteiger partial charge in [-0.1, -0.05) is 27.5 Å². The van der Waals surface area contributed by atoms with Crippen molar-refractivity contribution in [1.29, 1.82) is 0 Å². The predicted octanol–water partition coefficient (Wildman–Crippen LogP) is 4.00. The van der Waals surface area contributed by atoms with Crippen molar-refractivity contribution < 1.29 is 0 Å². The standard InChI is InChI=1S/C14H17BrClN3S/c1-9-14(20-8-18-9)7-19(2)13(6-17)11-5-10(16)3-4-12(11)15/h3-5,8,13H,6-7,17H2,1-2H3. The fourth-order valence-corrected chi connectivity index (χ4v) is 3.66. The van der Waals surface area contributed by atoms with E-state index in [0.717, 1.165) is 27.3 Å². The Labute approximate surface area is 136 Å². The lowest BCUT2D eigenvalue weighted by Crippen LogP contribution is -2.30. The maximum atomic E-state index is 6.10. The number of aryl methyl sites for hydroxylation is 1. The molecule has 0 fully saturated rings. The summed E-state index contributed by atoms with van der Waals surface area (Å²) in [4.78, 5) is 7.79. The van der Waals surface area contributed by atoms with Crippen LogP contribution in [0.1, 0.15) is 22.2 Å². The Kier molecular flexibility index (Phi) is 5.57. The van der Waals surface area contributed by atoms with E-state index in [1.54, 1.807) is 11.3 Å². The zero-order valence-corrected chi connectivity index (χ0v) is 14.6. The van der Waals surface area contributed by atoms with Gasteiger partial charge < -0.3 is 5.73 Å². The topological polar surface area (TPSA) is 42.2 Å².